The molecule has 0 bridgehead atoms. The average molecular weight is 260 g/mol. The molecular formula is C15H20N2S. The molecule has 0 amide bonds. The topological polar surface area (TPSA) is 24.9 Å². The largest absolute Gasteiger partial charge is 0.302 e. The molecule has 0 aliphatic rings. The smallest absolute Gasteiger partial charge is 0.114 e. The fraction of sp³-hybridized carbons (Fsp3) is 0.400. The van der Waals surface area contributed by atoms with E-state index in [1.807, 2.05) is 11.6 Å². The molecule has 0 fully saturated rings. The van der Waals surface area contributed by atoms with Crippen LogP contribution in [0.3, 0.4) is 0 Å². The molecule has 1 unspecified atom stereocenters. The van der Waals surface area contributed by atoms with Gasteiger partial charge in [0.05, 0.1) is 6.04 Å². The van der Waals surface area contributed by atoms with Crippen molar-refractivity contribution in [2.75, 3.05) is 0 Å². The van der Waals surface area contributed by atoms with Crippen LogP contribution in [0.1, 0.15) is 41.6 Å². The summed E-state index contributed by atoms with van der Waals surface area (Å²) < 4.78 is 0. The lowest BCUT2D eigenvalue weighted by Gasteiger charge is -2.21. The van der Waals surface area contributed by atoms with E-state index in [2.05, 4.69) is 56.2 Å². The number of hydrogen-bond donors (Lipinski definition) is 1. The Bertz CT molecular complexity index is 503. The van der Waals surface area contributed by atoms with Gasteiger partial charge in [0.1, 0.15) is 5.01 Å². The van der Waals surface area contributed by atoms with E-state index in [-0.39, 0.29) is 6.04 Å². The van der Waals surface area contributed by atoms with Crippen molar-refractivity contribution in [2.45, 2.75) is 39.8 Å². The second-order valence-electron chi connectivity index (χ2n) is 4.98. The standard InChI is InChI=1S/C15H20N2S/c1-10(2)17-14(15-16-7-8-18-15)13-6-5-11(3)9-12(13)4/h5-10,14,17H,1-4H3. The minimum Gasteiger partial charge on any atom is -0.302 e. The van der Waals surface area contributed by atoms with Gasteiger partial charge in [-0.1, -0.05) is 23.8 Å². The Kier molecular flexibility index (Phi) is 4.15. The molecular weight excluding hydrogens is 240 g/mol. The van der Waals surface area contributed by atoms with Crippen LogP contribution in [0.25, 0.3) is 0 Å². The van der Waals surface area contributed by atoms with Gasteiger partial charge in [-0.15, -0.1) is 11.3 Å². The number of rotatable bonds is 4. The summed E-state index contributed by atoms with van der Waals surface area (Å²) in [5.74, 6) is 0. The minimum absolute atomic E-state index is 0.200. The Labute approximate surface area is 113 Å². The van der Waals surface area contributed by atoms with Crippen molar-refractivity contribution in [1.29, 1.82) is 0 Å². The third kappa shape index (κ3) is 2.98. The number of nitrogens with zero attached hydrogens (tertiary/aromatic N) is 1. The van der Waals surface area contributed by atoms with Crippen molar-refractivity contribution in [1.82, 2.24) is 10.3 Å². The van der Waals surface area contributed by atoms with E-state index in [1.54, 1.807) is 11.3 Å². The minimum atomic E-state index is 0.200. The molecule has 0 aliphatic heterocycles. The highest BCUT2D eigenvalue weighted by Crippen LogP contribution is 2.27. The van der Waals surface area contributed by atoms with Crippen molar-refractivity contribution in [3.63, 3.8) is 0 Å². The van der Waals surface area contributed by atoms with Crippen molar-refractivity contribution in [3.05, 3.63) is 51.5 Å². The highest BCUT2D eigenvalue weighted by Gasteiger charge is 2.19. The van der Waals surface area contributed by atoms with Crippen LogP contribution in [0, 0.1) is 13.8 Å². The van der Waals surface area contributed by atoms with E-state index in [4.69, 9.17) is 0 Å². The van der Waals surface area contributed by atoms with E-state index in [0.29, 0.717) is 6.04 Å². The molecule has 2 aromatic rings. The van der Waals surface area contributed by atoms with E-state index >= 15 is 0 Å². The number of aromatic nitrogens is 1. The Morgan fingerprint density at radius 1 is 1.22 bits per heavy atom. The van der Waals surface area contributed by atoms with Gasteiger partial charge in [0.25, 0.3) is 0 Å². The van der Waals surface area contributed by atoms with Gasteiger partial charge >= 0.3 is 0 Å². The lowest BCUT2D eigenvalue weighted by atomic mass is 9.99. The normalized spacial score (nSPS) is 12.9. The predicted octanol–water partition coefficient (Wildman–Crippen LogP) is 3.85. The van der Waals surface area contributed by atoms with Crippen LogP contribution < -0.4 is 5.32 Å². The number of hydrogen-bond acceptors (Lipinski definition) is 3. The molecule has 1 aromatic carbocycles. The summed E-state index contributed by atoms with van der Waals surface area (Å²) in [4.78, 5) is 4.47. The van der Waals surface area contributed by atoms with Crippen LogP contribution >= 0.6 is 11.3 Å². The molecule has 2 nitrogen and oxygen atoms in total. The van der Waals surface area contributed by atoms with Gasteiger partial charge in [-0.2, -0.15) is 0 Å². The van der Waals surface area contributed by atoms with Crippen molar-refractivity contribution < 1.29 is 0 Å². The molecule has 3 heteroatoms. The zero-order valence-electron chi connectivity index (χ0n) is 11.4. The van der Waals surface area contributed by atoms with E-state index in [9.17, 15) is 0 Å². The molecule has 0 saturated heterocycles. The first-order valence-electron chi connectivity index (χ1n) is 6.30. The van der Waals surface area contributed by atoms with Gasteiger partial charge < -0.3 is 5.32 Å². The Balaban J connectivity index is 2.40. The van der Waals surface area contributed by atoms with Crippen LogP contribution in [0.4, 0.5) is 0 Å². The van der Waals surface area contributed by atoms with Crippen molar-refractivity contribution in [3.8, 4) is 0 Å². The second-order valence-corrected chi connectivity index (χ2v) is 5.91. The monoisotopic (exact) mass is 260 g/mol. The number of benzene rings is 1. The van der Waals surface area contributed by atoms with Crippen LogP contribution in [0.2, 0.25) is 0 Å². The first-order valence-corrected chi connectivity index (χ1v) is 7.18. The summed E-state index contributed by atoms with van der Waals surface area (Å²) in [5, 5.41) is 6.78. The SMILES string of the molecule is Cc1ccc(C(NC(C)C)c2nccs2)c(C)c1. The zero-order valence-corrected chi connectivity index (χ0v) is 12.2. The maximum atomic E-state index is 4.47. The van der Waals surface area contributed by atoms with Crippen LogP contribution in [0.15, 0.2) is 29.8 Å². The molecule has 1 aromatic heterocycles. The number of aryl methyl sites for hydroxylation is 2. The van der Waals surface area contributed by atoms with Gasteiger partial charge in [-0.05, 0) is 38.8 Å². The first kappa shape index (κ1) is 13.2. The average Bonchev–Trinajstić information content (AvgIpc) is 2.79. The maximum Gasteiger partial charge on any atom is 0.114 e. The Hall–Kier alpha value is -1.19. The van der Waals surface area contributed by atoms with Gasteiger partial charge in [0, 0.05) is 17.6 Å². The van der Waals surface area contributed by atoms with Crippen LogP contribution in [-0.2, 0) is 0 Å². The van der Waals surface area contributed by atoms with Gasteiger partial charge in [0.2, 0.25) is 0 Å². The molecule has 2 rings (SSSR count). The third-order valence-corrected chi connectivity index (χ3v) is 3.78. The Morgan fingerprint density at radius 2 is 2.00 bits per heavy atom. The summed E-state index contributed by atoms with van der Waals surface area (Å²) >= 11 is 1.71. The zero-order chi connectivity index (χ0) is 13.1. The van der Waals surface area contributed by atoms with Gasteiger partial charge in [0.15, 0.2) is 0 Å². The second kappa shape index (κ2) is 5.63. The molecule has 96 valence electrons. The van der Waals surface area contributed by atoms with E-state index < -0.39 is 0 Å². The number of nitrogens with one attached hydrogen (secondary N) is 1. The quantitative estimate of drug-likeness (QED) is 0.903. The predicted molar refractivity (Wildman–Crippen MR) is 78.1 cm³/mol. The lowest BCUT2D eigenvalue weighted by Crippen LogP contribution is -2.29. The molecule has 0 aliphatic carbocycles. The summed E-state index contributed by atoms with van der Waals surface area (Å²) in [6.07, 6.45) is 1.87. The highest BCUT2D eigenvalue weighted by atomic mass is 32.1. The summed E-state index contributed by atoms with van der Waals surface area (Å²) in [5.41, 5.74) is 3.95. The molecule has 1 heterocycles. The Morgan fingerprint density at radius 3 is 2.56 bits per heavy atom. The maximum absolute atomic E-state index is 4.47. The lowest BCUT2D eigenvalue weighted by molar-refractivity contribution is 0.525. The summed E-state index contributed by atoms with van der Waals surface area (Å²) in [6, 6.07) is 7.25. The highest BCUT2D eigenvalue weighted by molar-refractivity contribution is 7.09. The molecule has 0 saturated carbocycles. The van der Waals surface area contributed by atoms with E-state index in [1.165, 1.54) is 16.7 Å². The van der Waals surface area contributed by atoms with Crippen molar-refractivity contribution >= 4 is 11.3 Å². The van der Waals surface area contributed by atoms with E-state index in [0.717, 1.165) is 5.01 Å². The van der Waals surface area contributed by atoms with Crippen LogP contribution in [-0.4, -0.2) is 11.0 Å². The summed E-state index contributed by atoms with van der Waals surface area (Å²) in [7, 11) is 0. The molecule has 0 radical (unpaired) electrons. The molecule has 0 spiro atoms. The summed E-state index contributed by atoms with van der Waals surface area (Å²) in [6.45, 7) is 8.64. The third-order valence-electron chi connectivity index (χ3n) is 2.93. The molecule has 18 heavy (non-hydrogen) atoms. The molecule has 1 N–H and O–H groups in total. The molecule has 1 atom stereocenters. The van der Waals surface area contributed by atoms with Crippen LogP contribution in [0.5, 0.6) is 0 Å². The fourth-order valence-electron chi connectivity index (χ4n) is 2.15. The van der Waals surface area contributed by atoms with Crippen molar-refractivity contribution in [2.24, 2.45) is 0 Å². The van der Waals surface area contributed by atoms with Gasteiger partial charge in [-0.3, -0.25) is 0 Å². The van der Waals surface area contributed by atoms with Gasteiger partial charge in [-0.25, -0.2) is 4.98 Å². The fourth-order valence-corrected chi connectivity index (χ4v) is 2.87. The number of thiazole rings is 1. The first-order chi connectivity index (χ1) is 8.58.